The van der Waals surface area contributed by atoms with Gasteiger partial charge in [-0.2, -0.15) is 0 Å². The highest BCUT2D eigenvalue weighted by atomic mass is 15.1. The van der Waals surface area contributed by atoms with Crippen molar-refractivity contribution in [1.82, 2.24) is 9.97 Å². The Bertz CT molecular complexity index is 288. The van der Waals surface area contributed by atoms with Crippen molar-refractivity contribution in [1.29, 1.82) is 0 Å². The van der Waals surface area contributed by atoms with E-state index in [9.17, 15) is 0 Å². The van der Waals surface area contributed by atoms with E-state index >= 15 is 0 Å². The van der Waals surface area contributed by atoms with Crippen LogP contribution in [0.4, 0.5) is 11.6 Å². The molecule has 0 atom stereocenters. The quantitative estimate of drug-likeness (QED) is 0.664. The van der Waals surface area contributed by atoms with Crippen LogP contribution in [0.1, 0.15) is 39.5 Å². The van der Waals surface area contributed by atoms with Crippen LogP contribution in [-0.4, -0.2) is 23.1 Å². The van der Waals surface area contributed by atoms with E-state index in [2.05, 4.69) is 27.5 Å². The summed E-state index contributed by atoms with van der Waals surface area (Å²) in [6, 6.07) is 0. The van der Waals surface area contributed by atoms with E-state index in [4.69, 9.17) is 0 Å². The Morgan fingerprint density at radius 1 is 1.00 bits per heavy atom. The first-order valence-corrected chi connectivity index (χ1v) is 6.16. The molecule has 16 heavy (non-hydrogen) atoms. The van der Waals surface area contributed by atoms with Gasteiger partial charge in [-0.3, -0.25) is 4.98 Å². The number of unbranched alkanes of at least 4 members (excludes halogenated alkanes) is 3. The Kier molecular flexibility index (Phi) is 6.30. The average Bonchev–Trinajstić information content (AvgIpc) is 2.30. The van der Waals surface area contributed by atoms with Crippen molar-refractivity contribution in [3.05, 3.63) is 12.4 Å². The molecule has 0 bridgehead atoms. The Morgan fingerprint density at radius 3 is 2.44 bits per heavy atom. The highest BCUT2D eigenvalue weighted by Gasteiger charge is 1.96. The van der Waals surface area contributed by atoms with Crippen LogP contribution in [0.2, 0.25) is 0 Å². The maximum atomic E-state index is 4.40. The third kappa shape index (κ3) is 4.96. The normalized spacial score (nSPS) is 10.1. The van der Waals surface area contributed by atoms with Gasteiger partial charge in [-0.25, -0.2) is 4.98 Å². The van der Waals surface area contributed by atoms with Gasteiger partial charge in [-0.1, -0.05) is 26.2 Å². The number of nitrogens with zero attached hydrogens (tertiary/aromatic N) is 2. The molecule has 0 fully saturated rings. The van der Waals surface area contributed by atoms with Gasteiger partial charge in [0.1, 0.15) is 11.6 Å². The Balaban J connectivity index is 2.27. The number of aromatic nitrogens is 2. The van der Waals surface area contributed by atoms with Crippen LogP contribution in [0.25, 0.3) is 0 Å². The number of hydrogen-bond donors (Lipinski definition) is 2. The molecule has 0 amide bonds. The van der Waals surface area contributed by atoms with Crippen molar-refractivity contribution in [3.63, 3.8) is 0 Å². The molecule has 90 valence electrons. The fourth-order valence-electron chi connectivity index (χ4n) is 1.49. The lowest BCUT2D eigenvalue weighted by Crippen LogP contribution is -2.06. The molecule has 0 saturated heterocycles. The van der Waals surface area contributed by atoms with E-state index in [0.29, 0.717) is 0 Å². The third-order valence-corrected chi connectivity index (χ3v) is 2.33. The van der Waals surface area contributed by atoms with Crippen LogP contribution < -0.4 is 10.6 Å². The van der Waals surface area contributed by atoms with Crippen LogP contribution in [0.5, 0.6) is 0 Å². The highest BCUT2D eigenvalue weighted by molar-refractivity contribution is 5.41. The standard InChI is InChI=1S/C12H22N4/c1-3-5-6-7-8-15-12-10-13-9-11(16-12)14-4-2/h9-10H,3-8H2,1-2H3,(H2,14,15,16). The smallest absolute Gasteiger partial charge is 0.146 e. The molecule has 1 rings (SSSR count). The van der Waals surface area contributed by atoms with Gasteiger partial charge in [0.2, 0.25) is 0 Å². The SMILES string of the molecule is CCCCCCNc1cncc(NCC)n1. The zero-order valence-corrected chi connectivity index (χ0v) is 10.3. The van der Waals surface area contributed by atoms with Gasteiger partial charge in [-0.05, 0) is 13.3 Å². The molecule has 4 nitrogen and oxygen atoms in total. The minimum atomic E-state index is 0.834. The Hall–Kier alpha value is -1.32. The molecule has 0 spiro atoms. The average molecular weight is 222 g/mol. The van der Waals surface area contributed by atoms with Crippen molar-refractivity contribution in [3.8, 4) is 0 Å². The number of rotatable bonds is 8. The third-order valence-electron chi connectivity index (χ3n) is 2.33. The molecule has 0 aliphatic rings. The monoisotopic (exact) mass is 222 g/mol. The van der Waals surface area contributed by atoms with Gasteiger partial charge in [0.15, 0.2) is 0 Å². The largest absolute Gasteiger partial charge is 0.369 e. The molecule has 1 aromatic rings. The molecular formula is C12H22N4. The van der Waals surface area contributed by atoms with Gasteiger partial charge in [-0.15, -0.1) is 0 Å². The number of nitrogens with one attached hydrogen (secondary N) is 2. The minimum Gasteiger partial charge on any atom is -0.369 e. The second-order valence-corrected chi connectivity index (χ2v) is 3.81. The second-order valence-electron chi connectivity index (χ2n) is 3.81. The molecule has 4 heteroatoms. The molecule has 2 N–H and O–H groups in total. The molecule has 0 unspecified atom stereocenters. The summed E-state index contributed by atoms with van der Waals surface area (Å²) < 4.78 is 0. The van der Waals surface area contributed by atoms with Crippen molar-refractivity contribution in [2.24, 2.45) is 0 Å². The molecule has 1 aromatic heterocycles. The van der Waals surface area contributed by atoms with Crippen molar-refractivity contribution >= 4 is 11.6 Å². The molecular weight excluding hydrogens is 200 g/mol. The first kappa shape index (κ1) is 12.7. The summed E-state index contributed by atoms with van der Waals surface area (Å²) in [6.45, 7) is 6.12. The van der Waals surface area contributed by atoms with Crippen molar-refractivity contribution in [2.75, 3.05) is 23.7 Å². The lowest BCUT2D eigenvalue weighted by molar-refractivity contribution is 0.684. The fraction of sp³-hybridized carbons (Fsp3) is 0.667. The first-order chi connectivity index (χ1) is 7.86. The van der Waals surface area contributed by atoms with Gasteiger partial charge < -0.3 is 10.6 Å². The molecule has 0 saturated carbocycles. The maximum Gasteiger partial charge on any atom is 0.146 e. The summed E-state index contributed by atoms with van der Waals surface area (Å²) in [5.41, 5.74) is 0. The van der Waals surface area contributed by atoms with E-state index in [1.54, 1.807) is 12.4 Å². The lowest BCUT2D eigenvalue weighted by atomic mass is 10.2. The van der Waals surface area contributed by atoms with Crippen molar-refractivity contribution < 1.29 is 0 Å². The summed E-state index contributed by atoms with van der Waals surface area (Å²) in [4.78, 5) is 8.53. The predicted molar refractivity (Wildman–Crippen MR) is 68.8 cm³/mol. The van der Waals surface area contributed by atoms with Gasteiger partial charge in [0.25, 0.3) is 0 Å². The van der Waals surface area contributed by atoms with E-state index in [1.807, 2.05) is 6.92 Å². The predicted octanol–water partition coefficient (Wildman–Crippen LogP) is 2.90. The second kappa shape index (κ2) is 7.91. The van der Waals surface area contributed by atoms with E-state index < -0.39 is 0 Å². The summed E-state index contributed by atoms with van der Waals surface area (Å²) in [6.07, 6.45) is 8.57. The molecule has 0 aliphatic heterocycles. The first-order valence-electron chi connectivity index (χ1n) is 6.16. The minimum absolute atomic E-state index is 0.834. The van der Waals surface area contributed by atoms with Crippen LogP contribution in [-0.2, 0) is 0 Å². The topological polar surface area (TPSA) is 49.8 Å². The zero-order chi connectivity index (χ0) is 11.6. The summed E-state index contributed by atoms with van der Waals surface area (Å²) in [5, 5.41) is 6.43. The summed E-state index contributed by atoms with van der Waals surface area (Å²) in [7, 11) is 0. The van der Waals surface area contributed by atoms with Crippen molar-refractivity contribution in [2.45, 2.75) is 39.5 Å². The Morgan fingerprint density at radius 2 is 1.75 bits per heavy atom. The van der Waals surface area contributed by atoms with E-state index in [1.165, 1.54) is 25.7 Å². The van der Waals surface area contributed by atoms with Gasteiger partial charge in [0, 0.05) is 13.1 Å². The van der Waals surface area contributed by atoms with Crippen LogP contribution in [0.15, 0.2) is 12.4 Å². The van der Waals surface area contributed by atoms with Crippen LogP contribution >= 0.6 is 0 Å². The molecule has 0 aliphatic carbocycles. The lowest BCUT2D eigenvalue weighted by Gasteiger charge is -2.07. The fourth-order valence-corrected chi connectivity index (χ4v) is 1.49. The molecule has 0 aromatic carbocycles. The van der Waals surface area contributed by atoms with E-state index in [0.717, 1.165) is 24.7 Å². The van der Waals surface area contributed by atoms with Crippen LogP contribution in [0, 0.1) is 0 Å². The molecule has 0 radical (unpaired) electrons. The van der Waals surface area contributed by atoms with E-state index in [-0.39, 0.29) is 0 Å². The van der Waals surface area contributed by atoms with Gasteiger partial charge >= 0.3 is 0 Å². The molecule has 1 heterocycles. The zero-order valence-electron chi connectivity index (χ0n) is 10.3. The van der Waals surface area contributed by atoms with Gasteiger partial charge in [0.05, 0.1) is 12.4 Å². The van der Waals surface area contributed by atoms with Crippen LogP contribution in [0.3, 0.4) is 0 Å². The highest BCUT2D eigenvalue weighted by Crippen LogP contribution is 2.07. The number of hydrogen-bond acceptors (Lipinski definition) is 4. The number of anilines is 2. The summed E-state index contributed by atoms with van der Waals surface area (Å²) in [5.74, 6) is 1.69. The maximum absolute atomic E-state index is 4.40. The Labute approximate surface area is 97.9 Å². The summed E-state index contributed by atoms with van der Waals surface area (Å²) >= 11 is 0.